The first-order chi connectivity index (χ1) is 9.20. The van der Waals surface area contributed by atoms with Crippen LogP contribution in [-0.2, 0) is 6.54 Å². The van der Waals surface area contributed by atoms with Gasteiger partial charge in [-0.2, -0.15) is 5.26 Å². The van der Waals surface area contributed by atoms with Gasteiger partial charge in [0, 0.05) is 12.6 Å². The Bertz CT molecular complexity index is 587. The summed E-state index contributed by atoms with van der Waals surface area (Å²) >= 11 is 0. The zero-order valence-electron chi connectivity index (χ0n) is 10.7. The minimum absolute atomic E-state index is 0.0895. The van der Waals surface area contributed by atoms with Crippen molar-refractivity contribution in [1.82, 2.24) is 5.32 Å². The number of halogens is 1. The second-order valence-corrected chi connectivity index (χ2v) is 4.44. The Morgan fingerprint density at radius 3 is 2.63 bits per heavy atom. The van der Waals surface area contributed by atoms with Crippen LogP contribution in [0.5, 0.6) is 0 Å². The van der Waals surface area contributed by atoms with E-state index >= 15 is 0 Å². The van der Waals surface area contributed by atoms with Crippen LogP contribution >= 0.6 is 0 Å². The van der Waals surface area contributed by atoms with E-state index in [2.05, 4.69) is 24.4 Å². The molecule has 0 amide bonds. The molecule has 0 aliphatic carbocycles. The molecule has 0 saturated carbocycles. The first-order valence-corrected chi connectivity index (χ1v) is 6.17. The highest BCUT2D eigenvalue weighted by molar-refractivity contribution is 5.34. The van der Waals surface area contributed by atoms with E-state index in [1.54, 1.807) is 12.1 Å². The first kappa shape index (κ1) is 13.3. The van der Waals surface area contributed by atoms with Crippen molar-refractivity contribution in [2.24, 2.45) is 0 Å². The summed E-state index contributed by atoms with van der Waals surface area (Å²) in [5.41, 5.74) is 2.19. The van der Waals surface area contributed by atoms with E-state index in [1.807, 2.05) is 24.3 Å². The molecule has 0 heterocycles. The maximum Gasteiger partial charge on any atom is 0.140 e. The second-order valence-electron chi connectivity index (χ2n) is 4.44. The van der Waals surface area contributed by atoms with Gasteiger partial charge in [-0.05, 0) is 30.2 Å². The molecule has 0 unspecified atom stereocenters. The molecule has 0 fully saturated rings. The summed E-state index contributed by atoms with van der Waals surface area (Å²) in [6.45, 7) is 2.68. The van der Waals surface area contributed by atoms with Crippen molar-refractivity contribution in [2.45, 2.75) is 19.5 Å². The molecule has 2 aromatic rings. The van der Waals surface area contributed by atoms with Gasteiger partial charge in [0.25, 0.3) is 0 Å². The minimum atomic E-state index is -0.470. The Kier molecular flexibility index (Phi) is 4.27. The fraction of sp³-hybridized carbons (Fsp3) is 0.188. The van der Waals surface area contributed by atoms with Crippen LogP contribution in [0.1, 0.15) is 29.7 Å². The van der Waals surface area contributed by atoms with Crippen molar-refractivity contribution < 1.29 is 4.39 Å². The monoisotopic (exact) mass is 254 g/mol. The maximum absolute atomic E-state index is 13.2. The van der Waals surface area contributed by atoms with Gasteiger partial charge in [-0.15, -0.1) is 0 Å². The third-order valence-corrected chi connectivity index (χ3v) is 3.06. The zero-order chi connectivity index (χ0) is 13.7. The quantitative estimate of drug-likeness (QED) is 0.905. The molecule has 2 rings (SSSR count). The molecule has 1 N–H and O–H groups in total. The van der Waals surface area contributed by atoms with E-state index in [1.165, 1.54) is 11.6 Å². The van der Waals surface area contributed by atoms with Gasteiger partial charge in [-0.1, -0.05) is 36.4 Å². The second kappa shape index (κ2) is 6.12. The summed E-state index contributed by atoms with van der Waals surface area (Å²) in [6.07, 6.45) is 0. The molecule has 0 aliphatic heterocycles. The molecule has 3 heteroatoms. The van der Waals surface area contributed by atoms with Crippen LogP contribution in [-0.4, -0.2) is 0 Å². The van der Waals surface area contributed by atoms with E-state index in [0.717, 1.165) is 5.56 Å². The lowest BCUT2D eigenvalue weighted by molar-refractivity contribution is 0.572. The van der Waals surface area contributed by atoms with Crippen LogP contribution < -0.4 is 5.32 Å². The van der Waals surface area contributed by atoms with Gasteiger partial charge in [-0.3, -0.25) is 0 Å². The molecule has 0 spiro atoms. The average molecular weight is 254 g/mol. The van der Waals surface area contributed by atoms with Crippen LogP contribution in [0.2, 0.25) is 0 Å². The molecule has 2 aromatic carbocycles. The topological polar surface area (TPSA) is 35.8 Å². The first-order valence-electron chi connectivity index (χ1n) is 6.17. The van der Waals surface area contributed by atoms with E-state index < -0.39 is 5.82 Å². The van der Waals surface area contributed by atoms with Crippen molar-refractivity contribution in [2.75, 3.05) is 0 Å². The lowest BCUT2D eigenvalue weighted by Crippen LogP contribution is -2.18. The molecular weight excluding hydrogens is 239 g/mol. The minimum Gasteiger partial charge on any atom is -0.306 e. The van der Waals surface area contributed by atoms with Crippen molar-refractivity contribution in [3.05, 3.63) is 71.0 Å². The molecule has 0 saturated heterocycles. The number of rotatable bonds is 4. The van der Waals surface area contributed by atoms with Crippen molar-refractivity contribution >= 4 is 0 Å². The summed E-state index contributed by atoms with van der Waals surface area (Å²) in [5.74, 6) is -0.470. The Balaban J connectivity index is 2.01. The number of nitrogens with one attached hydrogen (secondary N) is 1. The van der Waals surface area contributed by atoms with Crippen LogP contribution in [0.4, 0.5) is 4.39 Å². The average Bonchev–Trinajstić information content (AvgIpc) is 2.47. The van der Waals surface area contributed by atoms with E-state index in [-0.39, 0.29) is 11.6 Å². The molecule has 0 bridgehead atoms. The van der Waals surface area contributed by atoms with Crippen LogP contribution in [0.15, 0.2) is 48.5 Å². The van der Waals surface area contributed by atoms with Crippen molar-refractivity contribution in [3.63, 3.8) is 0 Å². The maximum atomic E-state index is 13.2. The molecule has 19 heavy (non-hydrogen) atoms. The third kappa shape index (κ3) is 3.40. The summed E-state index contributed by atoms with van der Waals surface area (Å²) in [5, 5.41) is 12.1. The normalized spacial score (nSPS) is 11.8. The van der Waals surface area contributed by atoms with E-state index in [0.29, 0.717) is 6.54 Å². The molecule has 1 atom stereocenters. The van der Waals surface area contributed by atoms with Crippen LogP contribution in [0, 0.1) is 17.1 Å². The van der Waals surface area contributed by atoms with Gasteiger partial charge in [0.1, 0.15) is 11.9 Å². The lowest BCUT2D eigenvalue weighted by Gasteiger charge is -2.14. The summed E-state index contributed by atoms with van der Waals surface area (Å²) in [6, 6.07) is 16.8. The largest absolute Gasteiger partial charge is 0.306 e. The van der Waals surface area contributed by atoms with Crippen LogP contribution in [0.25, 0.3) is 0 Å². The number of nitrogens with zero attached hydrogens (tertiary/aromatic N) is 1. The highest BCUT2D eigenvalue weighted by Crippen LogP contribution is 2.14. The Labute approximate surface area is 112 Å². The zero-order valence-corrected chi connectivity index (χ0v) is 10.7. The Hall–Kier alpha value is -2.18. The van der Waals surface area contributed by atoms with Gasteiger partial charge in [-0.25, -0.2) is 4.39 Å². The summed E-state index contributed by atoms with van der Waals surface area (Å²) < 4.78 is 13.2. The lowest BCUT2D eigenvalue weighted by atomic mass is 10.1. The Morgan fingerprint density at radius 1 is 1.21 bits per heavy atom. The van der Waals surface area contributed by atoms with Crippen molar-refractivity contribution in [1.29, 1.82) is 5.26 Å². The predicted molar refractivity (Wildman–Crippen MR) is 72.8 cm³/mol. The number of hydrogen-bond donors (Lipinski definition) is 1. The SMILES string of the molecule is C[C@H](NCc1ccc(F)c(C#N)c1)c1ccccc1. The van der Waals surface area contributed by atoms with E-state index in [9.17, 15) is 4.39 Å². The highest BCUT2D eigenvalue weighted by atomic mass is 19.1. The van der Waals surface area contributed by atoms with Gasteiger partial charge >= 0.3 is 0 Å². The van der Waals surface area contributed by atoms with Gasteiger partial charge in [0.15, 0.2) is 0 Å². The smallest absolute Gasteiger partial charge is 0.140 e. The number of nitriles is 1. The number of benzene rings is 2. The third-order valence-electron chi connectivity index (χ3n) is 3.06. The van der Waals surface area contributed by atoms with Gasteiger partial charge in [0.2, 0.25) is 0 Å². The molecular formula is C16H15FN2. The van der Waals surface area contributed by atoms with Crippen LogP contribution in [0.3, 0.4) is 0 Å². The summed E-state index contributed by atoms with van der Waals surface area (Å²) in [7, 11) is 0. The molecule has 0 aromatic heterocycles. The molecule has 0 radical (unpaired) electrons. The summed E-state index contributed by atoms with van der Waals surface area (Å²) in [4.78, 5) is 0. The van der Waals surface area contributed by atoms with Gasteiger partial charge in [0.05, 0.1) is 5.56 Å². The standard InChI is InChI=1S/C16H15FN2/c1-12(14-5-3-2-4-6-14)19-11-13-7-8-16(17)15(9-13)10-18/h2-9,12,19H,11H2,1H3/t12-/m0/s1. The predicted octanol–water partition coefficient (Wildman–Crippen LogP) is 3.55. The fourth-order valence-corrected chi connectivity index (χ4v) is 1.90. The Morgan fingerprint density at radius 2 is 1.95 bits per heavy atom. The van der Waals surface area contributed by atoms with Crippen molar-refractivity contribution in [3.8, 4) is 6.07 Å². The highest BCUT2D eigenvalue weighted by Gasteiger charge is 2.06. The van der Waals surface area contributed by atoms with Gasteiger partial charge < -0.3 is 5.32 Å². The molecule has 2 nitrogen and oxygen atoms in total. The van der Waals surface area contributed by atoms with E-state index in [4.69, 9.17) is 5.26 Å². The molecule has 0 aliphatic rings. The molecule has 96 valence electrons. The fourth-order valence-electron chi connectivity index (χ4n) is 1.90. The number of hydrogen-bond acceptors (Lipinski definition) is 2.